The number of nitro groups is 1. The van der Waals surface area contributed by atoms with E-state index in [0.717, 1.165) is 48.8 Å². The highest BCUT2D eigenvalue weighted by molar-refractivity contribution is 6.00. The predicted molar refractivity (Wildman–Crippen MR) is 101 cm³/mol. The molecule has 1 saturated heterocycles. The summed E-state index contributed by atoms with van der Waals surface area (Å²) in [4.78, 5) is 17.1. The van der Waals surface area contributed by atoms with Gasteiger partial charge in [-0.2, -0.15) is 0 Å². The molecule has 1 aromatic heterocycles. The Kier molecular flexibility index (Phi) is 4.37. The van der Waals surface area contributed by atoms with Gasteiger partial charge in [-0.3, -0.25) is 15.1 Å². The normalized spacial score (nSPS) is 14.4. The Balaban J connectivity index is 1.61. The second kappa shape index (κ2) is 6.97. The maximum Gasteiger partial charge on any atom is 0.278 e. The van der Waals surface area contributed by atoms with Gasteiger partial charge in [0, 0.05) is 54.0 Å². The monoisotopic (exact) mass is 350 g/mol. The zero-order valence-corrected chi connectivity index (χ0v) is 14.1. The summed E-state index contributed by atoms with van der Waals surface area (Å²) in [6.45, 7) is 3.30. The van der Waals surface area contributed by atoms with E-state index in [1.54, 1.807) is 18.3 Å². The number of rotatable bonds is 4. The third-order valence-electron chi connectivity index (χ3n) is 4.51. The number of aromatic nitrogens is 1. The number of anilines is 3. The van der Waals surface area contributed by atoms with Crippen LogP contribution in [0.2, 0.25) is 0 Å². The van der Waals surface area contributed by atoms with Gasteiger partial charge in [0.25, 0.3) is 5.69 Å². The molecule has 0 radical (unpaired) electrons. The van der Waals surface area contributed by atoms with Gasteiger partial charge in [-0.1, -0.05) is 0 Å². The molecule has 0 amide bonds. The number of non-ortho nitro benzene ring substituents is 1. The number of fused-ring (bicyclic) bond motifs is 1. The summed E-state index contributed by atoms with van der Waals surface area (Å²) in [6, 6.07) is 13.2. The van der Waals surface area contributed by atoms with Crippen LogP contribution >= 0.6 is 0 Å². The van der Waals surface area contributed by atoms with Crippen LogP contribution in [0.15, 0.2) is 54.9 Å². The largest absolute Gasteiger partial charge is 0.378 e. The maximum atomic E-state index is 11.2. The van der Waals surface area contributed by atoms with Crippen molar-refractivity contribution in [3.05, 3.63) is 65.0 Å². The quantitative estimate of drug-likeness (QED) is 0.570. The fourth-order valence-corrected chi connectivity index (χ4v) is 3.18. The van der Waals surface area contributed by atoms with E-state index in [2.05, 4.69) is 27.3 Å². The molecule has 1 aliphatic heterocycles. The van der Waals surface area contributed by atoms with Crippen molar-refractivity contribution in [3.8, 4) is 0 Å². The molecule has 7 heteroatoms. The Labute approximate surface area is 150 Å². The number of hydrogen-bond acceptors (Lipinski definition) is 6. The highest BCUT2D eigenvalue weighted by Crippen LogP contribution is 2.32. The SMILES string of the molecule is O=[N+]([O-])c1ccc(Nc2ccc(N3CCOCC3)cc2)c2ccncc12. The van der Waals surface area contributed by atoms with Crippen LogP contribution in [0.5, 0.6) is 0 Å². The van der Waals surface area contributed by atoms with Crippen LogP contribution in [0.4, 0.5) is 22.7 Å². The van der Waals surface area contributed by atoms with Crippen LogP contribution in [0, 0.1) is 10.1 Å². The molecule has 0 saturated carbocycles. The summed E-state index contributed by atoms with van der Waals surface area (Å²) >= 11 is 0. The lowest BCUT2D eigenvalue weighted by Crippen LogP contribution is -2.36. The smallest absolute Gasteiger partial charge is 0.278 e. The van der Waals surface area contributed by atoms with Crippen LogP contribution < -0.4 is 10.2 Å². The fraction of sp³-hybridized carbons (Fsp3) is 0.211. The summed E-state index contributed by atoms with van der Waals surface area (Å²) in [7, 11) is 0. The first-order valence-corrected chi connectivity index (χ1v) is 8.43. The zero-order valence-electron chi connectivity index (χ0n) is 14.1. The molecule has 1 N–H and O–H groups in total. The van der Waals surface area contributed by atoms with E-state index in [4.69, 9.17) is 4.74 Å². The Hall–Kier alpha value is -3.19. The van der Waals surface area contributed by atoms with E-state index in [1.165, 1.54) is 12.3 Å². The molecule has 132 valence electrons. The van der Waals surface area contributed by atoms with E-state index in [1.807, 2.05) is 12.1 Å². The number of ether oxygens (including phenoxy) is 1. The number of nitro benzene ring substituents is 1. The molecule has 0 unspecified atom stereocenters. The van der Waals surface area contributed by atoms with E-state index in [-0.39, 0.29) is 10.6 Å². The van der Waals surface area contributed by atoms with E-state index in [9.17, 15) is 10.1 Å². The molecule has 1 fully saturated rings. The lowest BCUT2D eigenvalue weighted by atomic mass is 10.1. The zero-order chi connectivity index (χ0) is 17.9. The minimum Gasteiger partial charge on any atom is -0.378 e. The van der Waals surface area contributed by atoms with E-state index >= 15 is 0 Å². The molecule has 4 rings (SSSR count). The number of morpholine rings is 1. The average Bonchev–Trinajstić information content (AvgIpc) is 2.69. The molecule has 7 nitrogen and oxygen atoms in total. The number of nitrogens with one attached hydrogen (secondary N) is 1. The Morgan fingerprint density at radius 1 is 1.04 bits per heavy atom. The molecular formula is C19H18N4O3. The molecule has 2 aromatic carbocycles. The number of hydrogen-bond donors (Lipinski definition) is 1. The lowest BCUT2D eigenvalue weighted by Gasteiger charge is -2.29. The highest BCUT2D eigenvalue weighted by Gasteiger charge is 2.15. The molecule has 2 heterocycles. The van der Waals surface area contributed by atoms with Gasteiger partial charge in [0.15, 0.2) is 0 Å². The molecule has 3 aromatic rings. The summed E-state index contributed by atoms with van der Waals surface area (Å²) in [5.74, 6) is 0. The van der Waals surface area contributed by atoms with Gasteiger partial charge in [0.2, 0.25) is 0 Å². The number of nitrogens with zero attached hydrogens (tertiary/aromatic N) is 3. The van der Waals surface area contributed by atoms with E-state index < -0.39 is 0 Å². The van der Waals surface area contributed by atoms with Crippen molar-refractivity contribution in [1.29, 1.82) is 0 Å². The first-order valence-electron chi connectivity index (χ1n) is 8.43. The second-order valence-corrected chi connectivity index (χ2v) is 6.08. The highest BCUT2D eigenvalue weighted by atomic mass is 16.6. The summed E-state index contributed by atoms with van der Waals surface area (Å²) in [6.07, 6.45) is 3.17. The molecule has 0 aliphatic carbocycles. The topological polar surface area (TPSA) is 80.5 Å². The van der Waals surface area contributed by atoms with Crippen molar-refractivity contribution in [2.45, 2.75) is 0 Å². The molecular weight excluding hydrogens is 332 g/mol. The molecule has 0 spiro atoms. The maximum absolute atomic E-state index is 11.2. The van der Waals surface area contributed by atoms with Gasteiger partial charge in [0.1, 0.15) is 0 Å². The van der Waals surface area contributed by atoms with Gasteiger partial charge < -0.3 is 15.0 Å². The van der Waals surface area contributed by atoms with Crippen molar-refractivity contribution in [2.24, 2.45) is 0 Å². The fourth-order valence-electron chi connectivity index (χ4n) is 3.18. The molecule has 0 bridgehead atoms. The van der Waals surface area contributed by atoms with Gasteiger partial charge in [-0.25, -0.2) is 0 Å². The predicted octanol–water partition coefficient (Wildman–Crippen LogP) is 3.72. The van der Waals surface area contributed by atoms with Crippen molar-refractivity contribution < 1.29 is 9.66 Å². The third-order valence-corrected chi connectivity index (χ3v) is 4.51. The molecule has 1 aliphatic rings. The number of pyridine rings is 1. The molecule has 0 atom stereocenters. The van der Waals surface area contributed by atoms with Gasteiger partial charge in [-0.15, -0.1) is 0 Å². The van der Waals surface area contributed by atoms with Crippen LogP contribution in [0.25, 0.3) is 10.8 Å². The molecule has 26 heavy (non-hydrogen) atoms. The van der Waals surface area contributed by atoms with E-state index in [0.29, 0.717) is 5.39 Å². The first-order chi connectivity index (χ1) is 12.7. The van der Waals surface area contributed by atoms with Crippen LogP contribution in [-0.4, -0.2) is 36.2 Å². The van der Waals surface area contributed by atoms with Gasteiger partial charge in [-0.05, 0) is 36.4 Å². The third kappa shape index (κ3) is 3.16. The summed E-state index contributed by atoms with van der Waals surface area (Å²) in [5, 5.41) is 15.9. The van der Waals surface area contributed by atoms with Gasteiger partial charge in [0.05, 0.1) is 23.5 Å². The van der Waals surface area contributed by atoms with Crippen LogP contribution in [0.3, 0.4) is 0 Å². The van der Waals surface area contributed by atoms with Gasteiger partial charge >= 0.3 is 0 Å². The average molecular weight is 350 g/mol. The Morgan fingerprint density at radius 2 is 1.81 bits per heavy atom. The van der Waals surface area contributed by atoms with Crippen molar-refractivity contribution in [1.82, 2.24) is 4.98 Å². The van der Waals surface area contributed by atoms with Crippen molar-refractivity contribution in [2.75, 3.05) is 36.5 Å². The first kappa shape index (κ1) is 16.3. The lowest BCUT2D eigenvalue weighted by molar-refractivity contribution is -0.383. The minimum atomic E-state index is -0.384. The summed E-state index contributed by atoms with van der Waals surface area (Å²) < 4.78 is 5.38. The standard InChI is InChI=1S/C19H18N4O3/c24-23(25)19-6-5-18(16-7-8-20-13-17(16)19)21-14-1-3-15(4-2-14)22-9-11-26-12-10-22/h1-8,13,21H,9-12H2. The minimum absolute atomic E-state index is 0.0568. The van der Waals surface area contributed by atoms with Crippen molar-refractivity contribution >= 4 is 33.5 Å². The van der Waals surface area contributed by atoms with Crippen LogP contribution in [-0.2, 0) is 4.74 Å². The second-order valence-electron chi connectivity index (χ2n) is 6.08. The number of benzene rings is 2. The summed E-state index contributed by atoms with van der Waals surface area (Å²) in [5.41, 5.74) is 2.96. The van der Waals surface area contributed by atoms with Crippen molar-refractivity contribution in [3.63, 3.8) is 0 Å². The van der Waals surface area contributed by atoms with Crippen LogP contribution in [0.1, 0.15) is 0 Å². The Morgan fingerprint density at radius 3 is 2.54 bits per heavy atom. The Bertz CT molecular complexity index is 937.